The molecule has 1 aromatic carbocycles. The molecule has 17 heavy (non-hydrogen) atoms. The zero-order chi connectivity index (χ0) is 12.1. The van der Waals surface area contributed by atoms with Gasteiger partial charge in [-0.15, -0.1) is 0 Å². The monoisotopic (exact) mass is 246 g/mol. The van der Waals surface area contributed by atoms with Crippen LogP contribution < -0.4 is 5.32 Å². The fourth-order valence-electron chi connectivity index (χ4n) is 1.67. The van der Waals surface area contributed by atoms with Crippen LogP contribution in [0.2, 0.25) is 5.02 Å². The summed E-state index contributed by atoms with van der Waals surface area (Å²) in [6, 6.07) is 12.2. The first kappa shape index (κ1) is 12.1. The Morgan fingerprint density at radius 1 is 1.24 bits per heavy atom. The Kier molecular flexibility index (Phi) is 4.13. The summed E-state index contributed by atoms with van der Waals surface area (Å²) >= 11 is 5.97. The maximum absolute atomic E-state index is 5.97. The van der Waals surface area contributed by atoms with Crippen LogP contribution in [0.5, 0.6) is 0 Å². The second-order valence-corrected chi connectivity index (χ2v) is 4.45. The zero-order valence-corrected chi connectivity index (χ0v) is 10.5. The minimum absolute atomic E-state index is 0.280. The summed E-state index contributed by atoms with van der Waals surface area (Å²) in [7, 11) is 0. The Labute approximate surface area is 107 Å². The Hall–Kier alpha value is -1.38. The van der Waals surface area contributed by atoms with E-state index in [1.165, 1.54) is 11.1 Å². The van der Waals surface area contributed by atoms with Gasteiger partial charge in [0, 0.05) is 30.0 Å². The van der Waals surface area contributed by atoms with Crippen molar-refractivity contribution in [3.8, 4) is 0 Å². The normalized spacial score (nSPS) is 12.4. The van der Waals surface area contributed by atoms with Gasteiger partial charge in [0.2, 0.25) is 0 Å². The molecular weight excluding hydrogens is 232 g/mol. The molecule has 1 N–H and O–H groups in total. The first-order valence-electron chi connectivity index (χ1n) is 5.63. The average Bonchev–Trinajstić information content (AvgIpc) is 2.37. The highest BCUT2D eigenvalue weighted by atomic mass is 35.5. The highest BCUT2D eigenvalue weighted by Gasteiger charge is 2.04. The number of aromatic nitrogens is 1. The van der Waals surface area contributed by atoms with E-state index in [0.717, 1.165) is 11.6 Å². The van der Waals surface area contributed by atoms with E-state index in [1.807, 2.05) is 30.3 Å². The molecule has 1 atom stereocenters. The molecule has 0 radical (unpaired) electrons. The van der Waals surface area contributed by atoms with E-state index in [9.17, 15) is 0 Å². The van der Waals surface area contributed by atoms with Crippen molar-refractivity contribution in [1.29, 1.82) is 0 Å². The quantitative estimate of drug-likeness (QED) is 0.892. The summed E-state index contributed by atoms with van der Waals surface area (Å²) in [5.74, 6) is 0. The van der Waals surface area contributed by atoms with E-state index >= 15 is 0 Å². The van der Waals surface area contributed by atoms with Crippen molar-refractivity contribution in [2.75, 3.05) is 0 Å². The van der Waals surface area contributed by atoms with Crippen LogP contribution in [0.4, 0.5) is 0 Å². The number of rotatable bonds is 4. The maximum Gasteiger partial charge on any atom is 0.0409 e. The molecule has 0 aliphatic carbocycles. The van der Waals surface area contributed by atoms with E-state index in [-0.39, 0.29) is 6.04 Å². The third-order valence-corrected chi connectivity index (χ3v) is 2.95. The number of pyridine rings is 1. The van der Waals surface area contributed by atoms with Gasteiger partial charge >= 0.3 is 0 Å². The Morgan fingerprint density at radius 3 is 2.71 bits per heavy atom. The molecule has 0 saturated heterocycles. The van der Waals surface area contributed by atoms with Crippen LogP contribution in [0.15, 0.2) is 48.8 Å². The lowest BCUT2D eigenvalue weighted by atomic mass is 10.1. The Morgan fingerprint density at radius 2 is 2.00 bits per heavy atom. The lowest BCUT2D eigenvalue weighted by molar-refractivity contribution is 0.574. The van der Waals surface area contributed by atoms with E-state index in [2.05, 4.69) is 23.3 Å². The van der Waals surface area contributed by atoms with Crippen molar-refractivity contribution in [1.82, 2.24) is 10.3 Å². The maximum atomic E-state index is 5.97. The minimum atomic E-state index is 0.280. The molecular formula is C14H15ClN2. The third kappa shape index (κ3) is 3.55. The smallest absolute Gasteiger partial charge is 0.0409 e. The molecule has 0 saturated carbocycles. The molecule has 2 nitrogen and oxygen atoms in total. The van der Waals surface area contributed by atoms with Crippen LogP contribution in [0, 0.1) is 0 Å². The van der Waals surface area contributed by atoms with Crippen LogP contribution in [-0.2, 0) is 6.54 Å². The van der Waals surface area contributed by atoms with Gasteiger partial charge in [-0.05, 0) is 42.3 Å². The minimum Gasteiger partial charge on any atom is -0.306 e. The highest BCUT2D eigenvalue weighted by molar-refractivity contribution is 6.30. The molecule has 2 aromatic rings. The van der Waals surface area contributed by atoms with Gasteiger partial charge in [-0.1, -0.05) is 23.7 Å². The van der Waals surface area contributed by atoms with Gasteiger partial charge in [-0.25, -0.2) is 0 Å². The van der Waals surface area contributed by atoms with Crippen molar-refractivity contribution in [3.05, 3.63) is 64.9 Å². The van der Waals surface area contributed by atoms with Gasteiger partial charge < -0.3 is 5.32 Å². The molecule has 0 aliphatic rings. The number of hydrogen-bond donors (Lipinski definition) is 1. The fraction of sp³-hybridized carbons (Fsp3) is 0.214. The van der Waals surface area contributed by atoms with E-state index in [1.54, 1.807) is 12.4 Å². The van der Waals surface area contributed by atoms with Crippen molar-refractivity contribution in [2.24, 2.45) is 0 Å². The first-order chi connectivity index (χ1) is 8.25. The van der Waals surface area contributed by atoms with Crippen LogP contribution in [0.3, 0.4) is 0 Å². The first-order valence-corrected chi connectivity index (χ1v) is 6.01. The van der Waals surface area contributed by atoms with Gasteiger partial charge in [-0.3, -0.25) is 4.98 Å². The lowest BCUT2D eigenvalue weighted by Gasteiger charge is -2.14. The van der Waals surface area contributed by atoms with Gasteiger partial charge in [0.15, 0.2) is 0 Å². The molecule has 3 heteroatoms. The largest absolute Gasteiger partial charge is 0.306 e. The standard InChI is InChI=1S/C14H15ClN2/c1-11(13-3-2-4-14(15)9-13)17-10-12-5-7-16-8-6-12/h2-9,11,17H,10H2,1H3. The van der Waals surface area contributed by atoms with Crippen LogP contribution in [0.1, 0.15) is 24.1 Å². The highest BCUT2D eigenvalue weighted by Crippen LogP contribution is 2.17. The molecule has 0 bridgehead atoms. The van der Waals surface area contributed by atoms with Crippen LogP contribution >= 0.6 is 11.6 Å². The van der Waals surface area contributed by atoms with Crippen molar-refractivity contribution < 1.29 is 0 Å². The van der Waals surface area contributed by atoms with E-state index < -0.39 is 0 Å². The molecule has 88 valence electrons. The Bertz CT molecular complexity index is 471. The Balaban J connectivity index is 1.96. The second kappa shape index (κ2) is 5.80. The topological polar surface area (TPSA) is 24.9 Å². The number of hydrogen-bond acceptors (Lipinski definition) is 2. The summed E-state index contributed by atoms with van der Waals surface area (Å²) in [6.07, 6.45) is 3.61. The average molecular weight is 247 g/mol. The fourth-order valence-corrected chi connectivity index (χ4v) is 1.86. The summed E-state index contributed by atoms with van der Waals surface area (Å²) in [5.41, 5.74) is 2.43. The molecule has 1 unspecified atom stereocenters. The summed E-state index contributed by atoms with van der Waals surface area (Å²) in [6.45, 7) is 2.96. The molecule has 0 spiro atoms. The van der Waals surface area contributed by atoms with Crippen molar-refractivity contribution in [2.45, 2.75) is 19.5 Å². The van der Waals surface area contributed by atoms with Gasteiger partial charge in [0.1, 0.15) is 0 Å². The summed E-state index contributed by atoms with van der Waals surface area (Å²) < 4.78 is 0. The predicted molar refractivity (Wildman–Crippen MR) is 70.9 cm³/mol. The zero-order valence-electron chi connectivity index (χ0n) is 9.73. The number of nitrogens with zero attached hydrogens (tertiary/aromatic N) is 1. The molecule has 1 aromatic heterocycles. The number of benzene rings is 1. The summed E-state index contributed by atoms with van der Waals surface area (Å²) in [5, 5.41) is 4.23. The molecule has 0 amide bonds. The van der Waals surface area contributed by atoms with Gasteiger partial charge in [0.05, 0.1) is 0 Å². The second-order valence-electron chi connectivity index (χ2n) is 4.01. The number of halogens is 1. The van der Waals surface area contributed by atoms with Gasteiger partial charge in [0.25, 0.3) is 0 Å². The SMILES string of the molecule is CC(NCc1ccncc1)c1cccc(Cl)c1. The summed E-state index contributed by atoms with van der Waals surface area (Å²) in [4.78, 5) is 4.00. The van der Waals surface area contributed by atoms with Gasteiger partial charge in [-0.2, -0.15) is 0 Å². The molecule has 2 rings (SSSR count). The van der Waals surface area contributed by atoms with Crippen molar-refractivity contribution >= 4 is 11.6 Å². The predicted octanol–water partition coefficient (Wildman–Crippen LogP) is 3.59. The molecule has 0 aliphatic heterocycles. The van der Waals surface area contributed by atoms with E-state index in [0.29, 0.717) is 0 Å². The van der Waals surface area contributed by atoms with E-state index in [4.69, 9.17) is 11.6 Å². The van der Waals surface area contributed by atoms with Crippen LogP contribution in [-0.4, -0.2) is 4.98 Å². The van der Waals surface area contributed by atoms with Crippen molar-refractivity contribution in [3.63, 3.8) is 0 Å². The molecule has 1 heterocycles. The third-order valence-electron chi connectivity index (χ3n) is 2.71. The van der Waals surface area contributed by atoms with Crippen LogP contribution in [0.25, 0.3) is 0 Å². The lowest BCUT2D eigenvalue weighted by Crippen LogP contribution is -2.17. The number of nitrogens with one attached hydrogen (secondary N) is 1. The molecule has 0 fully saturated rings.